The van der Waals surface area contributed by atoms with Gasteiger partial charge in [0.2, 0.25) is 0 Å². The Morgan fingerprint density at radius 2 is 0.636 bits per heavy atom. The number of amides is 1. The summed E-state index contributed by atoms with van der Waals surface area (Å²) in [5, 5.41) is 0. The Bertz CT molecular complexity index is 560. The summed E-state index contributed by atoms with van der Waals surface area (Å²) in [4.78, 5) is 11.5. The van der Waals surface area contributed by atoms with Crippen molar-refractivity contribution < 1.29 is 9.53 Å². The number of hydrogen-bond acceptors (Lipinski definition) is 3. The van der Waals surface area contributed by atoms with Gasteiger partial charge in [0.15, 0.2) is 0 Å². The molecule has 2 N–H and O–H groups in total. The molecule has 44 heavy (non-hydrogen) atoms. The molecule has 0 radical (unpaired) electrons. The first-order valence-corrected chi connectivity index (χ1v) is 20.2. The summed E-state index contributed by atoms with van der Waals surface area (Å²) in [7, 11) is 0. The van der Waals surface area contributed by atoms with Gasteiger partial charge in [-0.05, 0) is 27.2 Å². The van der Waals surface area contributed by atoms with E-state index in [2.05, 4.69) is 17.8 Å². The van der Waals surface area contributed by atoms with Crippen LogP contribution in [0.3, 0.4) is 0 Å². The molecule has 0 aliphatic rings. The second-order valence-electron chi connectivity index (χ2n) is 14.9. The Hall–Kier alpha value is -0.770. The van der Waals surface area contributed by atoms with Gasteiger partial charge in [0, 0.05) is 6.54 Å². The van der Waals surface area contributed by atoms with E-state index in [0.29, 0.717) is 0 Å². The summed E-state index contributed by atoms with van der Waals surface area (Å²) >= 11 is 0. The van der Waals surface area contributed by atoms with E-state index in [1.807, 2.05) is 20.8 Å². The van der Waals surface area contributed by atoms with Crippen molar-refractivity contribution in [2.24, 2.45) is 0 Å². The molecule has 0 saturated heterocycles. The van der Waals surface area contributed by atoms with Crippen molar-refractivity contribution >= 4 is 6.09 Å². The summed E-state index contributed by atoms with van der Waals surface area (Å²) in [6.07, 6.45) is 46.8. The number of unbranched alkanes of at least 4 members (excludes halogenated alkanes) is 32. The van der Waals surface area contributed by atoms with Gasteiger partial charge in [-0.3, -0.25) is 5.43 Å². The molecule has 0 bridgehead atoms. The van der Waals surface area contributed by atoms with Gasteiger partial charge in [0.05, 0.1) is 0 Å². The molecule has 0 rings (SSSR count). The van der Waals surface area contributed by atoms with Crippen LogP contribution in [0, 0.1) is 0 Å². The number of carbonyl (C=O) groups is 1. The molecule has 0 atom stereocenters. The molecule has 0 spiro atoms. The molecule has 4 nitrogen and oxygen atoms in total. The molecule has 4 heteroatoms. The Labute approximate surface area is 277 Å². The van der Waals surface area contributed by atoms with Gasteiger partial charge in [-0.2, -0.15) is 0 Å². The van der Waals surface area contributed by atoms with E-state index in [1.165, 1.54) is 205 Å². The SMILES string of the molecule is CCCCCCCCCCCCCCCCCCCCCCCCCCCCCCCCCCCNNC(=O)OC(C)(C)C. The van der Waals surface area contributed by atoms with Gasteiger partial charge in [-0.1, -0.05) is 212 Å². The second kappa shape index (κ2) is 35.1. The molecule has 1 amide bonds. The monoisotopic (exact) mass is 623 g/mol. The molecule has 0 unspecified atom stereocenters. The van der Waals surface area contributed by atoms with E-state index in [1.54, 1.807) is 0 Å². The summed E-state index contributed by atoms with van der Waals surface area (Å²) < 4.78 is 5.20. The Morgan fingerprint density at radius 1 is 0.409 bits per heavy atom. The maximum Gasteiger partial charge on any atom is 0.422 e. The van der Waals surface area contributed by atoms with Gasteiger partial charge in [0.25, 0.3) is 0 Å². The molecule has 0 aromatic rings. The van der Waals surface area contributed by atoms with Gasteiger partial charge in [0.1, 0.15) is 5.60 Å². The number of hydrogen-bond donors (Lipinski definition) is 2. The van der Waals surface area contributed by atoms with Crippen LogP contribution < -0.4 is 10.9 Å². The lowest BCUT2D eigenvalue weighted by molar-refractivity contribution is 0.0498. The summed E-state index contributed by atoms with van der Waals surface area (Å²) in [6.45, 7) is 8.73. The highest BCUT2D eigenvalue weighted by Crippen LogP contribution is 2.17. The maximum absolute atomic E-state index is 11.5. The average Bonchev–Trinajstić information content (AvgIpc) is 2.98. The van der Waals surface area contributed by atoms with Crippen LogP contribution in [-0.4, -0.2) is 18.2 Å². The van der Waals surface area contributed by atoms with Crippen LogP contribution in [0.1, 0.15) is 240 Å². The smallest absolute Gasteiger partial charge is 0.422 e. The summed E-state index contributed by atoms with van der Waals surface area (Å²) in [6, 6.07) is 0. The highest BCUT2D eigenvalue weighted by Gasteiger charge is 2.15. The van der Waals surface area contributed by atoms with Crippen LogP contribution >= 0.6 is 0 Å². The topological polar surface area (TPSA) is 50.4 Å². The third-order valence-corrected chi connectivity index (χ3v) is 8.99. The van der Waals surface area contributed by atoms with Crippen molar-refractivity contribution in [1.29, 1.82) is 0 Å². The molecule has 0 aromatic heterocycles. The number of hydrazine groups is 1. The minimum absolute atomic E-state index is 0.400. The van der Waals surface area contributed by atoms with E-state index >= 15 is 0 Å². The van der Waals surface area contributed by atoms with Gasteiger partial charge < -0.3 is 4.74 Å². The highest BCUT2D eigenvalue weighted by atomic mass is 16.6. The van der Waals surface area contributed by atoms with Crippen molar-refractivity contribution in [3.63, 3.8) is 0 Å². The first kappa shape index (κ1) is 43.2. The third kappa shape index (κ3) is 39.3. The Balaban J connectivity index is 3.09. The van der Waals surface area contributed by atoms with Crippen molar-refractivity contribution in [1.82, 2.24) is 10.9 Å². The molecule has 0 aliphatic heterocycles. The zero-order chi connectivity index (χ0) is 32.2. The number of nitrogens with one attached hydrogen (secondary N) is 2. The van der Waals surface area contributed by atoms with Gasteiger partial charge >= 0.3 is 6.09 Å². The largest absolute Gasteiger partial charge is 0.443 e. The lowest BCUT2D eigenvalue weighted by Gasteiger charge is -2.19. The van der Waals surface area contributed by atoms with Crippen molar-refractivity contribution in [2.45, 2.75) is 245 Å². The maximum atomic E-state index is 11.5. The molecule has 0 aromatic carbocycles. The third-order valence-electron chi connectivity index (χ3n) is 8.99. The molecular formula is C40H82N2O2. The molecule has 0 heterocycles. The van der Waals surface area contributed by atoms with E-state index in [4.69, 9.17) is 4.74 Å². The zero-order valence-corrected chi connectivity index (χ0v) is 30.9. The Kier molecular flexibility index (Phi) is 34.5. The second-order valence-corrected chi connectivity index (χ2v) is 14.9. The lowest BCUT2D eigenvalue weighted by atomic mass is 10.0. The predicted octanol–water partition coefficient (Wildman–Crippen LogP) is 13.9. The summed E-state index contributed by atoms with van der Waals surface area (Å²) in [5.74, 6) is 0. The van der Waals surface area contributed by atoms with E-state index < -0.39 is 11.7 Å². The fourth-order valence-electron chi connectivity index (χ4n) is 6.20. The van der Waals surface area contributed by atoms with Crippen LogP contribution in [0.2, 0.25) is 0 Å². The molecule has 0 fully saturated rings. The van der Waals surface area contributed by atoms with E-state index in [0.717, 1.165) is 13.0 Å². The van der Waals surface area contributed by atoms with Crippen molar-refractivity contribution in [3.05, 3.63) is 0 Å². The fourth-order valence-corrected chi connectivity index (χ4v) is 6.20. The van der Waals surface area contributed by atoms with Crippen molar-refractivity contribution in [2.75, 3.05) is 6.54 Å². The average molecular weight is 623 g/mol. The minimum atomic E-state index is -0.448. The van der Waals surface area contributed by atoms with Crippen LogP contribution in [0.5, 0.6) is 0 Å². The zero-order valence-electron chi connectivity index (χ0n) is 30.9. The van der Waals surface area contributed by atoms with E-state index in [-0.39, 0.29) is 0 Å². The number of rotatable bonds is 35. The number of ether oxygens (including phenoxy) is 1. The van der Waals surface area contributed by atoms with Crippen LogP contribution in [-0.2, 0) is 4.74 Å². The first-order chi connectivity index (χ1) is 21.5. The lowest BCUT2D eigenvalue weighted by Crippen LogP contribution is -2.41. The van der Waals surface area contributed by atoms with Gasteiger partial charge in [-0.15, -0.1) is 0 Å². The van der Waals surface area contributed by atoms with Gasteiger partial charge in [-0.25, -0.2) is 10.2 Å². The fraction of sp³-hybridized carbons (Fsp3) is 0.975. The molecule has 0 saturated carbocycles. The minimum Gasteiger partial charge on any atom is -0.443 e. The van der Waals surface area contributed by atoms with Crippen LogP contribution in [0.15, 0.2) is 0 Å². The number of carbonyl (C=O) groups excluding carboxylic acids is 1. The quantitative estimate of drug-likeness (QED) is 0.0546. The molecule has 0 aliphatic carbocycles. The van der Waals surface area contributed by atoms with Crippen molar-refractivity contribution in [3.8, 4) is 0 Å². The Morgan fingerprint density at radius 3 is 0.864 bits per heavy atom. The molecule has 264 valence electrons. The van der Waals surface area contributed by atoms with Crippen LogP contribution in [0.4, 0.5) is 4.79 Å². The van der Waals surface area contributed by atoms with Crippen LogP contribution in [0.25, 0.3) is 0 Å². The van der Waals surface area contributed by atoms with E-state index in [9.17, 15) is 4.79 Å². The normalized spacial score (nSPS) is 11.7. The first-order valence-electron chi connectivity index (χ1n) is 20.2. The molecular weight excluding hydrogens is 540 g/mol. The highest BCUT2D eigenvalue weighted by molar-refractivity contribution is 5.66. The predicted molar refractivity (Wildman–Crippen MR) is 195 cm³/mol. The standard InChI is InChI=1S/C40H82N2O2/c1-5-6-7-8-9-10-11-12-13-14-15-16-17-18-19-20-21-22-23-24-25-26-27-28-29-30-31-32-33-34-35-36-37-38-41-42-39(43)44-40(2,3)4/h41H,5-38H2,1-4H3,(H,42,43). The summed E-state index contributed by atoms with van der Waals surface area (Å²) in [5.41, 5.74) is 5.11.